The number of carbonyl (C=O) groups is 4. The molecule has 2 atom stereocenters. The van der Waals surface area contributed by atoms with E-state index in [4.69, 9.17) is 11.5 Å². The summed E-state index contributed by atoms with van der Waals surface area (Å²) < 4.78 is 9.38. The van der Waals surface area contributed by atoms with E-state index >= 15 is 0 Å². The van der Waals surface area contributed by atoms with Crippen molar-refractivity contribution in [2.45, 2.75) is 50.9 Å². The summed E-state index contributed by atoms with van der Waals surface area (Å²) in [6.07, 6.45) is 0. The average Bonchev–Trinajstić information content (AvgIpc) is 2.59. The topological polar surface area (TPSA) is 163 Å². The monoisotopic (exact) mass is 438 g/mol. The number of hydrogen-bond acceptors (Lipinski definition) is 10. The Labute approximate surface area is 173 Å². The van der Waals surface area contributed by atoms with Crippen LogP contribution in [-0.4, -0.2) is 72.6 Å². The van der Waals surface area contributed by atoms with Gasteiger partial charge in [-0.1, -0.05) is 21.6 Å². The van der Waals surface area contributed by atoms with Crippen LogP contribution in [0, 0.1) is 0 Å². The van der Waals surface area contributed by atoms with Crippen molar-refractivity contribution in [3.05, 3.63) is 0 Å². The first-order valence-electron chi connectivity index (χ1n) is 8.33. The van der Waals surface area contributed by atoms with Crippen molar-refractivity contribution in [1.29, 1.82) is 0 Å². The Balaban J connectivity index is 4.79. The third-order valence-electron chi connectivity index (χ3n) is 3.31. The molecule has 162 valence electrons. The lowest BCUT2D eigenvalue weighted by molar-refractivity contribution is -0.145. The molecule has 10 nitrogen and oxygen atoms in total. The van der Waals surface area contributed by atoms with Gasteiger partial charge in [0.2, 0.25) is 11.8 Å². The highest BCUT2D eigenvalue weighted by atomic mass is 33.1. The van der Waals surface area contributed by atoms with Gasteiger partial charge in [-0.3, -0.25) is 9.59 Å². The second-order valence-electron chi connectivity index (χ2n) is 7.11. The zero-order chi connectivity index (χ0) is 22.1. The smallest absolute Gasteiger partial charge is 0.329 e. The number of nitrogens with one attached hydrogen (secondary N) is 2. The second kappa shape index (κ2) is 11.5. The molecule has 0 aromatic carbocycles. The molecule has 0 unspecified atom stereocenters. The van der Waals surface area contributed by atoms with E-state index in [0.717, 1.165) is 0 Å². The minimum Gasteiger partial charge on any atom is -0.467 e. The lowest BCUT2D eigenvalue weighted by Gasteiger charge is -2.23. The number of methoxy groups -OCH3 is 2. The van der Waals surface area contributed by atoms with Gasteiger partial charge in [-0.25, -0.2) is 9.59 Å². The molecule has 2 amide bonds. The molecule has 28 heavy (non-hydrogen) atoms. The van der Waals surface area contributed by atoms with E-state index in [1.807, 2.05) is 0 Å². The SMILES string of the molecule is COC(=O)[C@H](CSSC[C@H](NC(=O)C(C)(C)N)C(=O)OC)NC(=O)C(C)(C)N. The molecule has 0 heterocycles. The first kappa shape index (κ1) is 26.5. The molecule has 0 aromatic rings. The third kappa shape index (κ3) is 9.62. The minimum atomic E-state index is -1.15. The van der Waals surface area contributed by atoms with E-state index in [2.05, 4.69) is 20.1 Å². The van der Waals surface area contributed by atoms with Crippen LogP contribution >= 0.6 is 21.6 Å². The minimum absolute atomic E-state index is 0.170. The summed E-state index contributed by atoms with van der Waals surface area (Å²) >= 11 is 0. The standard InChI is InChI=1S/C16H30N4O6S2/c1-15(2,17)13(23)19-9(11(21)25-5)7-27-28-8-10(12(22)26-6)20-14(24)16(3,4)18/h9-10H,7-8,17-18H2,1-6H3,(H,19,23)(H,20,24)/t9-,10-/m0/s1. The van der Waals surface area contributed by atoms with E-state index in [9.17, 15) is 19.2 Å². The Morgan fingerprint density at radius 3 is 1.29 bits per heavy atom. The molecular weight excluding hydrogens is 408 g/mol. The molecule has 0 aliphatic carbocycles. The number of rotatable bonds is 11. The molecule has 0 radical (unpaired) electrons. The molecule has 0 spiro atoms. The highest BCUT2D eigenvalue weighted by molar-refractivity contribution is 8.76. The summed E-state index contributed by atoms with van der Waals surface area (Å²) in [5.74, 6) is -1.90. The van der Waals surface area contributed by atoms with Crippen LogP contribution < -0.4 is 22.1 Å². The highest BCUT2D eigenvalue weighted by Crippen LogP contribution is 2.24. The number of carbonyl (C=O) groups excluding carboxylic acids is 4. The Morgan fingerprint density at radius 2 is 1.07 bits per heavy atom. The molecule has 0 bridgehead atoms. The first-order chi connectivity index (χ1) is 12.7. The van der Waals surface area contributed by atoms with Crippen molar-refractivity contribution in [3.8, 4) is 0 Å². The van der Waals surface area contributed by atoms with Crippen LogP contribution in [0.4, 0.5) is 0 Å². The van der Waals surface area contributed by atoms with Crippen molar-refractivity contribution in [2.24, 2.45) is 11.5 Å². The van der Waals surface area contributed by atoms with Crippen LogP contribution in [0.2, 0.25) is 0 Å². The molecule has 0 saturated carbocycles. The maximum atomic E-state index is 12.0. The van der Waals surface area contributed by atoms with E-state index < -0.39 is 46.9 Å². The predicted octanol–water partition coefficient (Wildman–Crippen LogP) is -0.842. The predicted molar refractivity (Wildman–Crippen MR) is 109 cm³/mol. The van der Waals surface area contributed by atoms with Crippen molar-refractivity contribution in [3.63, 3.8) is 0 Å². The van der Waals surface area contributed by atoms with Gasteiger partial charge in [0, 0.05) is 11.5 Å². The summed E-state index contributed by atoms with van der Waals surface area (Å²) in [7, 11) is 4.86. The van der Waals surface area contributed by atoms with Crippen molar-refractivity contribution < 1.29 is 28.7 Å². The zero-order valence-electron chi connectivity index (χ0n) is 17.0. The number of esters is 2. The molecular formula is C16H30N4O6S2. The fraction of sp³-hybridized carbons (Fsp3) is 0.750. The fourth-order valence-electron chi connectivity index (χ4n) is 1.54. The number of nitrogens with two attached hydrogens (primary N) is 2. The van der Waals surface area contributed by atoms with E-state index in [0.29, 0.717) is 0 Å². The third-order valence-corrected chi connectivity index (χ3v) is 5.73. The molecule has 0 aromatic heterocycles. The Kier molecular flexibility index (Phi) is 10.9. The van der Waals surface area contributed by atoms with E-state index in [1.165, 1.54) is 63.5 Å². The zero-order valence-corrected chi connectivity index (χ0v) is 18.6. The van der Waals surface area contributed by atoms with Crippen LogP contribution in [-0.2, 0) is 28.7 Å². The van der Waals surface area contributed by atoms with Gasteiger partial charge in [0.05, 0.1) is 25.3 Å². The van der Waals surface area contributed by atoms with Crippen LogP contribution in [0.3, 0.4) is 0 Å². The summed E-state index contributed by atoms with van der Waals surface area (Å²) in [5, 5.41) is 5.06. The van der Waals surface area contributed by atoms with Crippen LogP contribution in [0.1, 0.15) is 27.7 Å². The number of ether oxygens (including phenoxy) is 2. The summed E-state index contributed by atoms with van der Waals surface area (Å²) in [6, 6.07) is -1.82. The highest BCUT2D eigenvalue weighted by Gasteiger charge is 2.30. The number of hydrogen-bond donors (Lipinski definition) is 4. The average molecular weight is 439 g/mol. The number of amides is 2. The largest absolute Gasteiger partial charge is 0.467 e. The van der Waals surface area contributed by atoms with Crippen molar-refractivity contribution in [2.75, 3.05) is 25.7 Å². The first-order valence-corrected chi connectivity index (χ1v) is 10.8. The summed E-state index contributed by atoms with van der Waals surface area (Å²) in [4.78, 5) is 47.7. The summed E-state index contributed by atoms with van der Waals surface area (Å²) in [5.41, 5.74) is 9.12. The Bertz CT molecular complexity index is 524. The van der Waals surface area contributed by atoms with Gasteiger partial charge >= 0.3 is 11.9 Å². The van der Waals surface area contributed by atoms with Crippen molar-refractivity contribution >= 4 is 45.3 Å². The van der Waals surface area contributed by atoms with Crippen LogP contribution in [0.5, 0.6) is 0 Å². The molecule has 0 rings (SSSR count). The lowest BCUT2D eigenvalue weighted by Crippen LogP contribution is -2.55. The van der Waals surface area contributed by atoms with E-state index in [-0.39, 0.29) is 11.5 Å². The second-order valence-corrected chi connectivity index (χ2v) is 9.66. The molecule has 6 N–H and O–H groups in total. The van der Waals surface area contributed by atoms with Crippen LogP contribution in [0.15, 0.2) is 0 Å². The molecule has 0 saturated heterocycles. The van der Waals surface area contributed by atoms with Crippen LogP contribution in [0.25, 0.3) is 0 Å². The Hall–Kier alpha value is -1.50. The Morgan fingerprint density at radius 1 is 0.786 bits per heavy atom. The normalized spacial score (nSPS) is 13.9. The molecule has 0 aliphatic rings. The van der Waals surface area contributed by atoms with Gasteiger partial charge in [0.25, 0.3) is 0 Å². The van der Waals surface area contributed by atoms with E-state index in [1.54, 1.807) is 0 Å². The quantitative estimate of drug-likeness (QED) is 0.182. The fourth-order valence-corrected chi connectivity index (χ4v) is 3.84. The van der Waals surface area contributed by atoms with Gasteiger partial charge in [-0.15, -0.1) is 0 Å². The molecule has 0 aliphatic heterocycles. The lowest BCUT2D eigenvalue weighted by atomic mass is 10.1. The maximum Gasteiger partial charge on any atom is 0.329 e. The van der Waals surface area contributed by atoms with Gasteiger partial charge in [-0.2, -0.15) is 0 Å². The summed E-state index contributed by atoms with van der Waals surface area (Å²) in [6.45, 7) is 6.06. The maximum absolute atomic E-state index is 12.0. The molecule has 0 fully saturated rings. The van der Waals surface area contributed by atoms with Crippen molar-refractivity contribution in [1.82, 2.24) is 10.6 Å². The van der Waals surface area contributed by atoms with Gasteiger partial charge < -0.3 is 31.6 Å². The van der Waals surface area contributed by atoms with Gasteiger partial charge in [0.15, 0.2) is 0 Å². The van der Waals surface area contributed by atoms with Gasteiger partial charge in [0.1, 0.15) is 12.1 Å². The van der Waals surface area contributed by atoms with Gasteiger partial charge in [-0.05, 0) is 27.7 Å². The molecule has 12 heteroatoms.